The average molecular weight is 518 g/mol. The molecule has 3 fully saturated rings. The minimum Gasteiger partial charge on any atom is -0.490 e. The van der Waals surface area contributed by atoms with Gasteiger partial charge in [0.25, 0.3) is 0 Å². The van der Waals surface area contributed by atoms with Crippen LogP contribution in [0.1, 0.15) is 82.3 Å². The molecule has 2 aliphatic heterocycles. The summed E-state index contributed by atoms with van der Waals surface area (Å²) in [6.07, 6.45) is 5.14. The maximum absolute atomic E-state index is 14.4. The monoisotopic (exact) mass is 517 g/mol. The average Bonchev–Trinajstić information content (AvgIpc) is 2.86. The lowest BCUT2D eigenvalue weighted by Gasteiger charge is -2.48. The largest absolute Gasteiger partial charge is 0.490 e. The molecule has 0 spiro atoms. The van der Waals surface area contributed by atoms with E-state index >= 15 is 0 Å². The van der Waals surface area contributed by atoms with Crippen LogP contribution in [0.2, 0.25) is 0 Å². The van der Waals surface area contributed by atoms with Gasteiger partial charge in [0.1, 0.15) is 11.3 Å². The maximum atomic E-state index is 14.4. The standard InChI is InChI=1S/C30H38F3NO3/c1-2-19-7-11-25(12-8-19)37-27-13-10-21-9-6-20(16-26(21)28(27)30(31,32)33)14-15-34-23-4-3-5-24(34)18-22(17-23)29(35)36/h6,9-10,13,16,19,22-25H,2-5,7-8,11-12,14-15,17-18H2,1H3,(H,35,36)/t19?,22?,23-,24?,25?/m0/s1. The zero-order valence-electron chi connectivity index (χ0n) is 21.6. The SMILES string of the molecule is CCC1CCC(Oc2ccc3ccc(CCN4C5CCC[C@H]4CC(C(=O)O)C5)cc3c2C(F)(F)F)CC1. The first-order valence-electron chi connectivity index (χ1n) is 14.0. The number of benzene rings is 2. The number of fused-ring (bicyclic) bond motifs is 3. The van der Waals surface area contributed by atoms with Crippen LogP contribution in [-0.4, -0.2) is 40.7 Å². The highest BCUT2D eigenvalue weighted by atomic mass is 19.4. The van der Waals surface area contributed by atoms with Crippen molar-refractivity contribution in [1.82, 2.24) is 4.90 Å². The highest BCUT2D eigenvalue weighted by Crippen LogP contribution is 2.43. The second kappa shape index (κ2) is 10.8. The topological polar surface area (TPSA) is 49.8 Å². The van der Waals surface area contributed by atoms with Crippen molar-refractivity contribution >= 4 is 16.7 Å². The van der Waals surface area contributed by atoms with Crippen molar-refractivity contribution in [3.05, 3.63) is 41.5 Å². The van der Waals surface area contributed by atoms with Crippen molar-refractivity contribution < 1.29 is 27.8 Å². The summed E-state index contributed by atoms with van der Waals surface area (Å²) < 4.78 is 49.1. The van der Waals surface area contributed by atoms with Gasteiger partial charge in [0, 0.05) is 18.6 Å². The lowest BCUT2D eigenvalue weighted by molar-refractivity contribution is -0.146. The molecule has 2 aromatic carbocycles. The van der Waals surface area contributed by atoms with Crippen molar-refractivity contribution in [3.8, 4) is 5.75 Å². The summed E-state index contributed by atoms with van der Waals surface area (Å²) in [6.45, 7) is 2.91. The van der Waals surface area contributed by atoms with Crippen LogP contribution in [0.5, 0.6) is 5.75 Å². The van der Waals surface area contributed by atoms with Gasteiger partial charge in [0.2, 0.25) is 0 Å². The van der Waals surface area contributed by atoms with E-state index in [0.717, 1.165) is 63.5 Å². The molecule has 4 nitrogen and oxygen atoms in total. The summed E-state index contributed by atoms with van der Waals surface area (Å²) in [5, 5.41) is 10.3. The predicted octanol–water partition coefficient (Wildman–Crippen LogP) is 7.47. The third-order valence-corrected chi connectivity index (χ3v) is 9.13. The fourth-order valence-corrected chi connectivity index (χ4v) is 7.03. The Bertz CT molecular complexity index is 1100. The zero-order valence-corrected chi connectivity index (χ0v) is 21.6. The van der Waals surface area contributed by atoms with E-state index in [0.29, 0.717) is 30.6 Å². The number of ether oxygens (including phenoxy) is 1. The predicted molar refractivity (Wildman–Crippen MR) is 138 cm³/mol. The van der Waals surface area contributed by atoms with E-state index in [1.54, 1.807) is 18.2 Å². The number of carbonyl (C=O) groups is 1. The van der Waals surface area contributed by atoms with Gasteiger partial charge >= 0.3 is 12.1 Å². The third kappa shape index (κ3) is 5.76. The number of nitrogens with zero attached hydrogens (tertiary/aromatic N) is 1. The van der Waals surface area contributed by atoms with E-state index in [2.05, 4.69) is 11.8 Å². The van der Waals surface area contributed by atoms with E-state index in [-0.39, 0.29) is 35.2 Å². The van der Waals surface area contributed by atoms with Gasteiger partial charge < -0.3 is 9.84 Å². The van der Waals surface area contributed by atoms with Crippen LogP contribution in [0.3, 0.4) is 0 Å². The maximum Gasteiger partial charge on any atom is 0.420 e. The van der Waals surface area contributed by atoms with Crippen molar-refractivity contribution in [2.75, 3.05) is 6.54 Å². The van der Waals surface area contributed by atoms with Crippen LogP contribution < -0.4 is 4.74 Å². The van der Waals surface area contributed by atoms with Gasteiger partial charge in [0.05, 0.1) is 12.0 Å². The summed E-state index contributed by atoms with van der Waals surface area (Å²) in [7, 11) is 0. The Morgan fingerprint density at radius 3 is 2.32 bits per heavy atom. The summed E-state index contributed by atoms with van der Waals surface area (Å²) in [6, 6.07) is 9.14. The molecule has 1 N–H and O–H groups in total. The Morgan fingerprint density at radius 1 is 1.03 bits per heavy atom. The van der Waals surface area contributed by atoms with Crippen LogP contribution in [-0.2, 0) is 17.4 Å². The molecule has 0 radical (unpaired) electrons. The molecule has 2 unspecified atom stereocenters. The van der Waals surface area contributed by atoms with E-state index in [1.807, 2.05) is 6.07 Å². The Morgan fingerprint density at radius 2 is 1.70 bits per heavy atom. The fraction of sp³-hybridized carbons (Fsp3) is 0.633. The molecule has 2 saturated heterocycles. The summed E-state index contributed by atoms with van der Waals surface area (Å²) in [5.41, 5.74) is 0.209. The molecule has 3 atom stereocenters. The summed E-state index contributed by atoms with van der Waals surface area (Å²) in [5.74, 6) is -0.392. The van der Waals surface area contributed by atoms with Gasteiger partial charge in [-0.25, -0.2) is 0 Å². The summed E-state index contributed by atoms with van der Waals surface area (Å²) >= 11 is 0. The number of halogens is 3. The van der Waals surface area contributed by atoms with Crippen LogP contribution in [0, 0.1) is 11.8 Å². The van der Waals surface area contributed by atoms with Gasteiger partial charge in [-0.2, -0.15) is 13.2 Å². The van der Waals surface area contributed by atoms with Crippen molar-refractivity contribution in [3.63, 3.8) is 0 Å². The molecule has 37 heavy (non-hydrogen) atoms. The molecule has 202 valence electrons. The second-order valence-corrected chi connectivity index (χ2v) is 11.4. The first kappa shape index (κ1) is 26.3. The van der Waals surface area contributed by atoms with Crippen molar-refractivity contribution in [2.24, 2.45) is 11.8 Å². The zero-order chi connectivity index (χ0) is 26.2. The molecule has 7 heteroatoms. The Labute approximate surface area is 217 Å². The number of piperidine rings is 2. The van der Waals surface area contributed by atoms with Crippen LogP contribution in [0.4, 0.5) is 13.2 Å². The van der Waals surface area contributed by atoms with Crippen molar-refractivity contribution in [1.29, 1.82) is 0 Å². The van der Waals surface area contributed by atoms with Gasteiger partial charge in [0.15, 0.2) is 0 Å². The van der Waals surface area contributed by atoms with E-state index in [1.165, 1.54) is 6.07 Å². The molecular formula is C30H38F3NO3. The number of hydrogen-bond acceptors (Lipinski definition) is 3. The third-order valence-electron chi connectivity index (χ3n) is 9.13. The molecule has 5 rings (SSSR count). The van der Waals surface area contributed by atoms with Gasteiger partial charge in [-0.15, -0.1) is 0 Å². The molecule has 1 saturated carbocycles. The van der Waals surface area contributed by atoms with Gasteiger partial charge in [-0.1, -0.05) is 44.0 Å². The minimum absolute atomic E-state index is 0.0534. The van der Waals surface area contributed by atoms with Crippen LogP contribution in [0.15, 0.2) is 30.3 Å². The normalized spacial score (nSPS) is 28.8. The fourth-order valence-electron chi connectivity index (χ4n) is 7.03. The molecule has 0 aromatic heterocycles. The highest BCUT2D eigenvalue weighted by Gasteiger charge is 2.41. The molecule has 2 heterocycles. The quantitative estimate of drug-likeness (QED) is 0.414. The Kier molecular flexibility index (Phi) is 7.71. The molecule has 0 amide bonds. The number of hydrogen-bond donors (Lipinski definition) is 1. The first-order chi connectivity index (χ1) is 17.7. The molecule has 2 bridgehead atoms. The minimum atomic E-state index is -4.51. The highest BCUT2D eigenvalue weighted by molar-refractivity contribution is 5.89. The lowest BCUT2D eigenvalue weighted by Crippen LogP contribution is -2.53. The van der Waals surface area contributed by atoms with E-state index < -0.39 is 17.7 Å². The van der Waals surface area contributed by atoms with Crippen LogP contribution >= 0.6 is 0 Å². The number of alkyl halides is 3. The number of rotatable bonds is 7. The van der Waals surface area contributed by atoms with Crippen molar-refractivity contribution in [2.45, 2.75) is 102 Å². The molecule has 3 aliphatic rings. The Balaban J connectivity index is 1.35. The lowest BCUT2D eigenvalue weighted by atomic mass is 9.78. The summed E-state index contributed by atoms with van der Waals surface area (Å²) in [4.78, 5) is 14.0. The molecule has 1 aliphatic carbocycles. The number of carboxylic acids is 1. The smallest absolute Gasteiger partial charge is 0.420 e. The molecule has 2 aromatic rings. The first-order valence-corrected chi connectivity index (χ1v) is 14.0. The molecular weight excluding hydrogens is 479 g/mol. The second-order valence-electron chi connectivity index (χ2n) is 11.4. The van der Waals surface area contributed by atoms with Gasteiger partial charge in [-0.05, 0) is 86.1 Å². The number of carboxylic acid groups (broad SMARTS) is 1. The van der Waals surface area contributed by atoms with E-state index in [9.17, 15) is 23.1 Å². The van der Waals surface area contributed by atoms with Crippen LogP contribution in [0.25, 0.3) is 10.8 Å². The number of aliphatic carboxylic acids is 1. The Hall–Kier alpha value is -2.28. The van der Waals surface area contributed by atoms with E-state index in [4.69, 9.17) is 4.74 Å². The van der Waals surface area contributed by atoms with Gasteiger partial charge in [-0.3, -0.25) is 9.69 Å².